The van der Waals surface area contributed by atoms with Crippen LogP contribution in [-0.2, 0) is 6.42 Å². The van der Waals surface area contributed by atoms with Gasteiger partial charge in [-0.15, -0.1) is 0 Å². The number of amides is 1. The van der Waals surface area contributed by atoms with Gasteiger partial charge in [-0.25, -0.2) is 4.79 Å². The maximum Gasteiger partial charge on any atom is 0.416 e. The molecule has 0 fully saturated rings. The second-order valence-corrected chi connectivity index (χ2v) is 8.61. The van der Waals surface area contributed by atoms with E-state index in [1.54, 1.807) is 35.2 Å². The average molecular weight is 455 g/mol. The maximum absolute atomic E-state index is 13.2. The van der Waals surface area contributed by atoms with Gasteiger partial charge < -0.3 is 14.8 Å². The SMILES string of the molecule is O=C(Oc1ccc(Cl)cc1)N1CCc2c([nH]c3ccc(Cl)cc23)[C@@H]1C1=CCC(O)C=C1. The Morgan fingerprint density at radius 3 is 2.65 bits per heavy atom. The van der Waals surface area contributed by atoms with Crippen molar-refractivity contribution in [1.29, 1.82) is 0 Å². The molecule has 5 rings (SSSR count). The molecular weight excluding hydrogens is 435 g/mol. The van der Waals surface area contributed by atoms with Gasteiger partial charge in [0.05, 0.1) is 6.10 Å². The number of aliphatic hydroxyl groups excluding tert-OH is 1. The predicted octanol–water partition coefficient (Wildman–Crippen LogP) is 5.82. The molecular formula is C24H20Cl2N2O3. The first-order valence-corrected chi connectivity index (χ1v) is 10.9. The molecule has 0 radical (unpaired) electrons. The molecule has 2 aliphatic rings. The van der Waals surface area contributed by atoms with E-state index < -0.39 is 12.2 Å². The van der Waals surface area contributed by atoms with Crippen molar-refractivity contribution in [1.82, 2.24) is 9.88 Å². The van der Waals surface area contributed by atoms with Gasteiger partial charge >= 0.3 is 6.09 Å². The van der Waals surface area contributed by atoms with Crippen LogP contribution in [0.2, 0.25) is 10.0 Å². The number of aromatic amines is 1. The number of hydrogen-bond donors (Lipinski definition) is 2. The number of nitrogens with zero attached hydrogens (tertiary/aromatic N) is 1. The number of rotatable bonds is 2. The van der Waals surface area contributed by atoms with E-state index in [9.17, 15) is 9.90 Å². The summed E-state index contributed by atoms with van der Waals surface area (Å²) in [4.78, 5) is 18.4. The Morgan fingerprint density at radius 2 is 1.90 bits per heavy atom. The number of aromatic nitrogens is 1. The van der Waals surface area contributed by atoms with Crippen molar-refractivity contribution in [3.8, 4) is 5.75 Å². The molecule has 0 spiro atoms. The number of H-pyrrole nitrogens is 1. The number of hydrogen-bond acceptors (Lipinski definition) is 3. The van der Waals surface area contributed by atoms with Crippen LogP contribution in [0, 0.1) is 0 Å². The van der Waals surface area contributed by atoms with Gasteiger partial charge in [-0.2, -0.15) is 0 Å². The number of halogens is 2. The van der Waals surface area contributed by atoms with E-state index in [-0.39, 0.29) is 6.04 Å². The quantitative estimate of drug-likeness (QED) is 0.512. The zero-order valence-electron chi connectivity index (χ0n) is 16.5. The zero-order chi connectivity index (χ0) is 21.5. The topological polar surface area (TPSA) is 65.6 Å². The smallest absolute Gasteiger partial charge is 0.410 e. The van der Waals surface area contributed by atoms with Gasteiger partial charge in [0.2, 0.25) is 0 Å². The van der Waals surface area contributed by atoms with Crippen LogP contribution in [0.5, 0.6) is 5.75 Å². The highest BCUT2D eigenvalue weighted by Gasteiger charge is 2.36. The molecule has 1 amide bonds. The van der Waals surface area contributed by atoms with E-state index in [1.165, 1.54) is 0 Å². The molecule has 158 valence electrons. The first-order chi connectivity index (χ1) is 15.0. The number of nitrogens with one attached hydrogen (secondary N) is 1. The molecule has 3 aromatic rings. The molecule has 1 unspecified atom stereocenters. The third kappa shape index (κ3) is 3.85. The van der Waals surface area contributed by atoms with Crippen LogP contribution in [0.15, 0.2) is 66.3 Å². The Hall–Kier alpha value is -2.73. The van der Waals surface area contributed by atoms with E-state index in [1.807, 2.05) is 30.4 Å². The number of ether oxygens (including phenoxy) is 1. The lowest BCUT2D eigenvalue weighted by molar-refractivity contribution is 0.134. The second kappa shape index (κ2) is 8.08. The fourth-order valence-electron chi connectivity index (χ4n) is 4.29. The highest BCUT2D eigenvalue weighted by molar-refractivity contribution is 6.31. The van der Waals surface area contributed by atoms with Gasteiger partial charge in [-0.05, 0) is 66.4 Å². The van der Waals surface area contributed by atoms with Crippen LogP contribution in [0.3, 0.4) is 0 Å². The van der Waals surface area contributed by atoms with Gasteiger partial charge in [-0.1, -0.05) is 41.4 Å². The lowest BCUT2D eigenvalue weighted by Crippen LogP contribution is -2.42. The van der Waals surface area contributed by atoms with Crippen molar-refractivity contribution >= 4 is 40.2 Å². The number of carbonyl (C=O) groups excluding carboxylic acids is 1. The van der Waals surface area contributed by atoms with Crippen molar-refractivity contribution in [3.05, 3.63) is 87.6 Å². The summed E-state index contributed by atoms with van der Waals surface area (Å²) in [5.74, 6) is 0.436. The van der Waals surface area contributed by atoms with Crippen LogP contribution in [0.4, 0.5) is 4.79 Å². The monoisotopic (exact) mass is 454 g/mol. The van der Waals surface area contributed by atoms with E-state index in [2.05, 4.69) is 4.98 Å². The molecule has 1 aliphatic carbocycles. The predicted molar refractivity (Wildman–Crippen MR) is 122 cm³/mol. The normalized spacial score (nSPS) is 20.5. The van der Waals surface area contributed by atoms with Crippen LogP contribution >= 0.6 is 23.2 Å². The maximum atomic E-state index is 13.2. The summed E-state index contributed by atoms with van der Waals surface area (Å²) in [6, 6.07) is 12.1. The summed E-state index contributed by atoms with van der Waals surface area (Å²) in [5, 5.41) is 12.2. The van der Waals surface area contributed by atoms with E-state index in [0.717, 1.165) is 27.7 Å². The summed E-state index contributed by atoms with van der Waals surface area (Å²) in [6.45, 7) is 0.497. The first-order valence-electron chi connectivity index (χ1n) is 10.1. The molecule has 0 saturated carbocycles. The fraction of sp³-hybridized carbons (Fsp3) is 0.208. The Balaban J connectivity index is 1.55. The minimum atomic E-state index is -0.511. The summed E-state index contributed by atoms with van der Waals surface area (Å²) in [7, 11) is 0. The van der Waals surface area contributed by atoms with E-state index in [4.69, 9.17) is 27.9 Å². The van der Waals surface area contributed by atoms with Gasteiger partial charge in [0.15, 0.2) is 0 Å². The van der Waals surface area contributed by atoms with Crippen molar-refractivity contribution in [3.63, 3.8) is 0 Å². The van der Waals surface area contributed by atoms with Gasteiger partial charge in [0.25, 0.3) is 0 Å². The highest BCUT2D eigenvalue weighted by atomic mass is 35.5. The van der Waals surface area contributed by atoms with Gasteiger partial charge in [0, 0.05) is 33.2 Å². The number of carbonyl (C=O) groups is 1. The van der Waals surface area contributed by atoms with Crippen LogP contribution < -0.4 is 4.74 Å². The molecule has 2 N–H and O–H groups in total. The lowest BCUT2D eigenvalue weighted by Gasteiger charge is -2.36. The molecule has 7 heteroatoms. The van der Waals surface area contributed by atoms with Gasteiger partial charge in [-0.3, -0.25) is 4.90 Å². The standard InChI is InChI=1S/C24H20Cl2N2O3/c25-15-3-8-18(9-4-15)31-24(30)28-12-11-19-20-13-16(26)5-10-21(20)27-22(19)23(28)14-1-6-17(29)7-2-14/h1-6,8-10,13,17,23,27,29H,7,11-12H2/t17?,23-/m0/s1. The zero-order valence-corrected chi connectivity index (χ0v) is 18.0. The molecule has 2 aromatic carbocycles. The molecule has 1 aliphatic heterocycles. The summed E-state index contributed by atoms with van der Waals surface area (Å²) in [5.41, 5.74) is 4.02. The number of benzene rings is 2. The minimum Gasteiger partial charge on any atom is -0.410 e. The largest absolute Gasteiger partial charge is 0.416 e. The van der Waals surface area contributed by atoms with E-state index >= 15 is 0 Å². The molecule has 0 saturated heterocycles. The minimum absolute atomic E-state index is 0.349. The van der Waals surface area contributed by atoms with Crippen molar-refractivity contribution in [2.24, 2.45) is 0 Å². The lowest BCUT2D eigenvalue weighted by atomic mass is 9.89. The Labute approximate surface area is 189 Å². The molecule has 5 nitrogen and oxygen atoms in total. The summed E-state index contributed by atoms with van der Waals surface area (Å²) in [6.07, 6.45) is 5.86. The third-order valence-corrected chi connectivity index (χ3v) is 6.25. The summed E-state index contributed by atoms with van der Waals surface area (Å²) < 4.78 is 5.65. The molecule has 31 heavy (non-hydrogen) atoms. The number of aliphatic hydroxyl groups is 1. The Bertz CT molecular complexity index is 1210. The van der Waals surface area contributed by atoms with E-state index in [0.29, 0.717) is 35.2 Å². The van der Waals surface area contributed by atoms with Crippen molar-refractivity contribution < 1.29 is 14.6 Å². The van der Waals surface area contributed by atoms with Gasteiger partial charge in [0.1, 0.15) is 11.8 Å². The van der Waals surface area contributed by atoms with Crippen LogP contribution in [-0.4, -0.2) is 33.7 Å². The number of fused-ring (bicyclic) bond motifs is 3. The molecule has 2 atom stereocenters. The van der Waals surface area contributed by atoms with Crippen molar-refractivity contribution in [2.75, 3.05) is 6.54 Å². The molecule has 2 heterocycles. The Kier molecular flexibility index (Phi) is 5.26. The average Bonchev–Trinajstić information content (AvgIpc) is 3.13. The van der Waals surface area contributed by atoms with Crippen molar-refractivity contribution in [2.45, 2.75) is 25.0 Å². The van der Waals surface area contributed by atoms with Crippen LogP contribution in [0.1, 0.15) is 23.7 Å². The summed E-state index contributed by atoms with van der Waals surface area (Å²) >= 11 is 12.2. The molecule has 0 bridgehead atoms. The first kappa shape index (κ1) is 20.2. The fourth-order valence-corrected chi connectivity index (χ4v) is 4.59. The third-order valence-electron chi connectivity index (χ3n) is 5.76. The van der Waals surface area contributed by atoms with Crippen LogP contribution in [0.25, 0.3) is 10.9 Å². The Morgan fingerprint density at radius 1 is 1.13 bits per heavy atom. The second-order valence-electron chi connectivity index (χ2n) is 7.74. The highest BCUT2D eigenvalue weighted by Crippen LogP contribution is 2.41. The molecule has 1 aromatic heterocycles.